The minimum absolute atomic E-state index is 0.191. The number of benzene rings is 1. The highest BCUT2D eigenvalue weighted by molar-refractivity contribution is 7.89. The molecule has 1 fully saturated rings. The number of thiazole rings is 1. The molecule has 1 aromatic carbocycles. The Hall–Kier alpha value is -2.50. The van der Waals surface area contributed by atoms with Gasteiger partial charge in [0, 0.05) is 36.5 Å². The summed E-state index contributed by atoms with van der Waals surface area (Å²) < 4.78 is 32.0. The van der Waals surface area contributed by atoms with Crippen molar-refractivity contribution in [3.05, 3.63) is 40.4 Å². The molecule has 1 saturated heterocycles. The van der Waals surface area contributed by atoms with Crippen molar-refractivity contribution >= 4 is 38.5 Å². The fourth-order valence-corrected chi connectivity index (χ4v) is 6.34. The van der Waals surface area contributed by atoms with Gasteiger partial charge in [-0.1, -0.05) is 18.3 Å². The lowest BCUT2D eigenvalue weighted by Crippen LogP contribution is -2.37. The molecular formula is C21H26N4O5S2. The van der Waals surface area contributed by atoms with Crippen LogP contribution in [0.2, 0.25) is 0 Å². The zero-order valence-electron chi connectivity index (χ0n) is 18.0. The second kappa shape index (κ2) is 9.16. The summed E-state index contributed by atoms with van der Waals surface area (Å²) in [6.07, 6.45) is 1.92. The smallest absolute Gasteiger partial charge is 0.409 e. The molecule has 0 bridgehead atoms. The van der Waals surface area contributed by atoms with Gasteiger partial charge in [-0.25, -0.2) is 18.2 Å². The van der Waals surface area contributed by atoms with Crippen molar-refractivity contribution in [2.45, 2.75) is 37.6 Å². The SMILES string of the molecule is COC(=O)N1CCc2nc(NC(=O)c3ccc(S(=O)(=O)N4CCC(C)CC4)cc3)sc2C1. The number of piperidine rings is 1. The fourth-order valence-electron chi connectivity index (χ4n) is 3.86. The van der Waals surface area contributed by atoms with Crippen molar-refractivity contribution in [2.75, 3.05) is 32.1 Å². The van der Waals surface area contributed by atoms with Crippen LogP contribution in [0, 0.1) is 5.92 Å². The first-order valence-electron chi connectivity index (χ1n) is 10.5. The lowest BCUT2D eigenvalue weighted by molar-refractivity contribution is 0.102. The van der Waals surface area contributed by atoms with Gasteiger partial charge in [-0.2, -0.15) is 4.31 Å². The highest BCUT2D eigenvalue weighted by Crippen LogP contribution is 2.29. The number of rotatable bonds is 4. The molecule has 2 aliphatic heterocycles. The van der Waals surface area contributed by atoms with Crippen molar-refractivity contribution < 1.29 is 22.7 Å². The van der Waals surface area contributed by atoms with Crippen LogP contribution in [-0.4, -0.2) is 61.4 Å². The van der Waals surface area contributed by atoms with Gasteiger partial charge in [-0.3, -0.25) is 10.1 Å². The van der Waals surface area contributed by atoms with Gasteiger partial charge in [0.2, 0.25) is 10.0 Å². The molecule has 4 rings (SSSR count). The summed E-state index contributed by atoms with van der Waals surface area (Å²) in [5, 5.41) is 3.22. The number of methoxy groups -OCH3 is 1. The van der Waals surface area contributed by atoms with Crippen LogP contribution in [0.3, 0.4) is 0 Å². The number of hydrogen-bond donors (Lipinski definition) is 1. The number of ether oxygens (including phenoxy) is 1. The lowest BCUT2D eigenvalue weighted by atomic mass is 10.0. The third-order valence-corrected chi connectivity index (χ3v) is 8.79. The van der Waals surface area contributed by atoms with E-state index in [1.54, 1.807) is 4.90 Å². The number of carbonyl (C=O) groups excluding carboxylic acids is 2. The van der Waals surface area contributed by atoms with Crippen LogP contribution in [0.15, 0.2) is 29.2 Å². The van der Waals surface area contributed by atoms with Crippen LogP contribution in [0.5, 0.6) is 0 Å². The minimum atomic E-state index is -3.55. The van der Waals surface area contributed by atoms with E-state index in [1.807, 2.05) is 0 Å². The second-order valence-electron chi connectivity index (χ2n) is 8.10. The van der Waals surface area contributed by atoms with Gasteiger partial charge in [0.15, 0.2) is 5.13 Å². The van der Waals surface area contributed by atoms with E-state index in [2.05, 4.69) is 17.2 Å². The van der Waals surface area contributed by atoms with Crippen molar-refractivity contribution in [3.8, 4) is 0 Å². The molecule has 32 heavy (non-hydrogen) atoms. The third kappa shape index (κ3) is 4.64. The highest BCUT2D eigenvalue weighted by Gasteiger charge is 2.28. The van der Waals surface area contributed by atoms with Gasteiger partial charge in [0.05, 0.1) is 24.2 Å². The van der Waals surface area contributed by atoms with Gasteiger partial charge in [-0.15, -0.1) is 0 Å². The standard InChI is InChI=1S/C21H26N4O5S2/c1-14-7-11-25(12-8-14)32(28,29)16-5-3-15(4-6-16)19(26)23-20-22-17-9-10-24(21(27)30-2)13-18(17)31-20/h3-6,14H,7-13H2,1-2H3,(H,22,23,26). The van der Waals surface area contributed by atoms with Crippen molar-refractivity contribution in [2.24, 2.45) is 5.92 Å². The molecule has 0 aliphatic carbocycles. The monoisotopic (exact) mass is 478 g/mol. The number of fused-ring (bicyclic) bond motifs is 1. The molecule has 0 atom stereocenters. The number of aromatic nitrogens is 1. The van der Waals surface area contributed by atoms with Crippen LogP contribution in [-0.2, 0) is 27.7 Å². The second-order valence-corrected chi connectivity index (χ2v) is 11.1. The first kappa shape index (κ1) is 22.7. The van der Waals surface area contributed by atoms with Crippen LogP contribution in [0.1, 0.15) is 40.7 Å². The minimum Gasteiger partial charge on any atom is -0.453 e. The van der Waals surface area contributed by atoms with Crippen LogP contribution >= 0.6 is 11.3 Å². The van der Waals surface area contributed by atoms with Crippen LogP contribution < -0.4 is 5.32 Å². The normalized spacial score (nSPS) is 17.6. The van der Waals surface area contributed by atoms with Gasteiger partial charge < -0.3 is 9.64 Å². The first-order chi connectivity index (χ1) is 15.3. The fraction of sp³-hybridized carbons (Fsp3) is 0.476. The third-order valence-electron chi connectivity index (χ3n) is 5.88. The van der Waals surface area contributed by atoms with Gasteiger partial charge >= 0.3 is 6.09 Å². The summed E-state index contributed by atoms with van der Waals surface area (Å²) in [7, 11) is -2.21. The Labute approximate surface area is 191 Å². The van der Waals surface area contributed by atoms with Gasteiger partial charge in [0.1, 0.15) is 0 Å². The first-order valence-corrected chi connectivity index (χ1v) is 12.8. The zero-order valence-corrected chi connectivity index (χ0v) is 19.7. The molecule has 172 valence electrons. The predicted molar refractivity (Wildman–Crippen MR) is 120 cm³/mol. The molecule has 9 nitrogen and oxygen atoms in total. The number of sulfonamides is 1. The van der Waals surface area contributed by atoms with E-state index in [1.165, 1.54) is 47.0 Å². The molecule has 0 unspecified atom stereocenters. The molecule has 1 N–H and O–H groups in total. The number of nitrogens with one attached hydrogen (secondary N) is 1. The van der Waals surface area contributed by atoms with E-state index in [4.69, 9.17) is 4.74 Å². The summed E-state index contributed by atoms with van der Waals surface area (Å²) in [6.45, 7) is 4.09. The molecule has 0 saturated carbocycles. The summed E-state index contributed by atoms with van der Waals surface area (Å²) in [5.41, 5.74) is 1.21. The maximum Gasteiger partial charge on any atom is 0.409 e. The Kier molecular flexibility index (Phi) is 6.50. The summed E-state index contributed by atoms with van der Waals surface area (Å²) >= 11 is 1.32. The Bertz CT molecular complexity index is 1110. The van der Waals surface area contributed by atoms with Crippen molar-refractivity contribution in [1.29, 1.82) is 0 Å². The van der Waals surface area contributed by atoms with E-state index in [9.17, 15) is 18.0 Å². The van der Waals surface area contributed by atoms with E-state index in [0.717, 1.165) is 23.4 Å². The number of hydrogen-bond acceptors (Lipinski definition) is 7. The molecule has 11 heteroatoms. The van der Waals surface area contributed by atoms with Gasteiger partial charge in [-0.05, 0) is 43.0 Å². The number of nitrogens with zero attached hydrogens (tertiary/aromatic N) is 3. The largest absolute Gasteiger partial charge is 0.453 e. The van der Waals surface area contributed by atoms with Crippen LogP contribution in [0.4, 0.5) is 9.93 Å². The van der Waals surface area contributed by atoms with Crippen molar-refractivity contribution in [3.63, 3.8) is 0 Å². The van der Waals surface area contributed by atoms with Crippen LogP contribution in [0.25, 0.3) is 0 Å². The highest BCUT2D eigenvalue weighted by atomic mass is 32.2. The average Bonchev–Trinajstić information content (AvgIpc) is 3.20. The van der Waals surface area contributed by atoms with Gasteiger partial charge in [0.25, 0.3) is 5.91 Å². The average molecular weight is 479 g/mol. The Morgan fingerprint density at radius 3 is 2.50 bits per heavy atom. The summed E-state index contributed by atoms with van der Waals surface area (Å²) in [5.74, 6) is 0.171. The molecule has 0 spiro atoms. The zero-order chi connectivity index (χ0) is 22.9. The molecule has 2 aliphatic rings. The molecule has 1 aromatic heterocycles. The van der Waals surface area contributed by atoms with E-state index in [0.29, 0.717) is 49.2 Å². The number of anilines is 1. The lowest BCUT2D eigenvalue weighted by Gasteiger charge is -2.29. The molecule has 3 heterocycles. The molecule has 2 aromatic rings. The Morgan fingerprint density at radius 2 is 1.84 bits per heavy atom. The van der Waals surface area contributed by atoms with Crippen molar-refractivity contribution in [1.82, 2.24) is 14.2 Å². The summed E-state index contributed by atoms with van der Waals surface area (Å²) in [4.78, 5) is 31.5. The quantitative estimate of drug-likeness (QED) is 0.724. The van der Waals surface area contributed by atoms with E-state index >= 15 is 0 Å². The summed E-state index contributed by atoms with van der Waals surface area (Å²) in [6, 6.07) is 5.98. The Morgan fingerprint density at radius 1 is 1.16 bits per heavy atom. The molecule has 0 radical (unpaired) electrons. The predicted octanol–water partition coefficient (Wildman–Crippen LogP) is 2.94. The number of amides is 2. The molecule has 2 amide bonds. The van der Waals surface area contributed by atoms with E-state index in [-0.39, 0.29) is 16.9 Å². The maximum absolute atomic E-state index is 12.9. The van der Waals surface area contributed by atoms with E-state index < -0.39 is 10.0 Å². The Balaban J connectivity index is 1.42. The topological polar surface area (TPSA) is 109 Å². The maximum atomic E-state index is 12.9. The number of carbonyl (C=O) groups is 2. The molecular weight excluding hydrogens is 452 g/mol.